The van der Waals surface area contributed by atoms with Crippen LogP contribution in [0.1, 0.15) is 0 Å². The minimum absolute atomic E-state index is 0.592. The van der Waals surface area contributed by atoms with E-state index in [-0.39, 0.29) is 0 Å². The highest BCUT2D eigenvalue weighted by atomic mass is 16.3. The van der Waals surface area contributed by atoms with Crippen LogP contribution in [0.3, 0.4) is 0 Å². The van der Waals surface area contributed by atoms with Crippen molar-refractivity contribution >= 4 is 54.4 Å². The molecule has 11 rings (SSSR count). The van der Waals surface area contributed by atoms with Crippen molar-refractivity contribution in [2.45, 2.75) is 0 Å². The molecule has 3 heterocycles. The average Bonchev–Trinajstić information content (AvgIpc) is 3.66. The maximum Gasteiger partial charge on any atom is 0.164 e. The molecular formula is C50H30N4O. The van der Waals surface area contributed by atoms with Crippen LogP contribution in [0.25, 0.3) is 111 Å². The zero-order valence-electron chi connectivity index (χ0n) is 29.5. The molecule has 0 saturated heterocycles. The Morgan fingerprint density at radius 3 is 1.67 bits per heavy atom. The van der Waals surface area contributed by atoms with Gasteiger partial charge in [0, 0.05) is 33.0 Å². The maximum absolute atomic E-state index is 6.67. The van der Waals surface area contributed by atoms with Crippen LogP contribution >= 0.6 is 0 Å². The van der Waals surface area contributed by atoms with Crippen molar-refractivity contribution in [3.05, 3.63) is 182 Å². The van der Waals surface area contributed by atoms with E-state index in [9.17, 15) is 0 Å². The van der Waals surface area contributed by atoms with Gasteiger partial charge in [0.25, 0.3) is 0 Å². The normalized spacial score (nSPS) is 11.6. The van der Waals surface area contributed by atoms with Crippen molar-refractivity contribution in [1.82, 2.24) is 19.9 Å². The van der Waals surface area contributed by atoms with E-state index in [1.54, 1.807) is 0 Å². The zero-order valence-corrected chi connectivity index (χ0v) is 29.5. The second-order valence-electron chi connectivity index (χ2n) is 13.8. The number of hydrogen-bond acceptors (Lipinski definition) is 5. The first-order valence-corrected chi connectivity index (χ1v) is 18.4. The van der Waals surface area contributed by atoms with Gasteiger partial charge in [-0.3, -0.25) is 0 Å². The molecule has 11 aromatic rings. The van der Waals surface area contributed by atoms with Crippen LogP contribution in [0.4, 0.5) is 0 Å². The molecule has 0 aliphatic heterocycles. The smallest absolute Gasteiger partial charge is 0.164 e. The number of aromatic nitrogens is 4. The topological polar surface area (TPSA) is 64.7 Å². The Morgan fingerprint density at radius 2 is 0.927 bits per heavy atom. The molecule has 0 unspecified atom stereocenters. The van der Waals surface area contributed by atoms with Crippen LogP contribution < -0.4 is 0 Å². The SMILES string of the molecule is c1ccc(-c2nc(-c3ccccc3)nc(-c3cccc(-c4nc5cc(-c6cc7ccccc7c7ccccc67)ccc5c5oc6ccccc6c45)c3)n2)cc1. The maximum atomic E-state index is 6.67. The summed E-state index contributed by atoms with van der Waals surface area (Å²) in [7, 11) is 0. The van der Waals surface area contributed by atoms with Crippen LogP contribution in [-0.4, -0.2) is 19.9 Å². The van der Waals surface area contributed by atoms with Crippen molar-refractivity contribution in [3.8, 4) is 56.5 Å². The summed E-state index contributed by atoms with van der Waals surface area (Å²) in [5.74, 6) is 1.83. The third-order valence-electron chi connectivity index (χ3n) is 10.5. The molecule has 5 heteroatoms. The number of rotatable bonds is 5. The van der Waals surface area contributed by atoms with E-state index < -0.39 is 0 Å². The van der Waals surface area contributed by atoms with Crippen LogP contribution in [0.2, 0.25) is 0 Å². The van der Waals surface area contributed by atoms with Crippen LogP contribution in [0.15, 0.2) is 186 Å². The molecule has 8 aromatic carbocycles. The summed E-state index contributed by atoms with van der Waals surface area (Å²) >= 11 is 0. The molecule has 0 aliphatic rings. The zero-order chi connectivity index (χ0) is 36.3. The summed E-state index contributed by atoms with van der Waals surface area (Å²) in [5, 5.41) is 7.87. The fourth-order valence-corrected chi connectivity index (χ4v) is 7.88. The number of para-hydroxylation sites is 1. The lowest BCUT2D eigenvalue weighted by Crippen LogP contribution is -2.00. The number of fused-ring (bicyclic) bond motifs is 8. The molecule has 0 bridgehead atoms. The molecule has 0 saturated carbocycles. The molecule has 0 fully saturated rings. The van der Waals surface area contributed by atoms with Crippen LogP contribution in [-0.2, 0) is 0 Å². The highest BCUT2D eigenvalue weighted by molar-refractivity contribution is 6.20. The number of hydrogen-bond donors (Lipinski definition) is 0. The van der Waals surface area contributed by atoms with E-state index in [2.05, 4.69) is 109 Å². The molecule has 0 atom stereocenters. The van der Waals surface area contributed by atoms with E-state index in [1.165, 1.54) is 27.1 Å². The third kappa shape index (κ3) is 5.24. The van der Waals surface area contributed by atoms with Gasteiger partial charge in [-0.2, -0.15) is 0 Å². The Hall–Kier alpha value is -7.50. The lowest BCUT2D eigenvalue weighted by molar-refractivity contribution is 0.672. The van der Waals surface area contributed by atoms with Gasteiger partial charge < -0.3 is 4.42 Å². The van der Waals surface area contributed by atoms with Crippen molar-refractivity contribution in [3.63, 3.8) is 0 Å². The summed E-state index contributed by atoms with van der Waals surface area (Å²) in [6, 6.07) is 62.8. The monoisotopic (exact) mass is 702 g/mol. The first kappa shape index (κ1) is 31.1. The largest absolute Gasteiger partial charge is 0.455 e. The van der Waals surface area contributed by atoms with Crippen molar-refractivity contribution < 1.29 is 4.42 Å². The lowest BCUT2D eigenvalue weighted by atomic mass is 9.92. The van der Waals surface area contributed by atoms with Gasteiger partial charge in [-0.05, 0) is 63.0 Å². The molecular weight excluding hydrogens is 673 g/mol. The average molecular weight is 703 g/mol. The highest BCUT2D eigenvalue weighted by Gasteiger charge is 2.20. The number of benzene rings is 8. The Labute approximate surface area is 316 Å². The highest BCUT2D eigenvalue weighted by Crippen LogP contribution is 2.42. The van der Waals surface area contributed by atoms with Gasteiger partial charge in [0.15, 0.2) is 17.5 Å². The lowest BCUT2D eigenvalue weighted by Gasteiger charge is -2.13. The number of nitrogens with zero attached hydrogens (tertiary/aromatic N) is 4. The van der Waals surface area contributed by atoms with Gasteiger partial charge in [0.1, 0.15) is 11.2 Å². The molecule has 0 radical (unpaired) electrons. The Morgan fingerprint density at radius 1 is 0.345 bits per heavy atom. The van der Waals surface area contributed by atoms with Gasteiger partial charge in [0.2, 0.25) is 0 Å². The predicted octanol–water partition coefficient (Wildman–Crippen LogP) is 13.0. The minimum atomic E-state index is 0.592. The fourth-order valence-electron chi connectivity index (χ4n) is 7.88. The standard InChI is InChI=1S/C50H30N4O/c1-3-14-31(15-4-1)48-52-49(32-16-5-2-6-17-32)54-50(53-48)36-20-13-19-35(28-36)46-45-41-24-11-12-25-44(41)55-47(45)40-27-26-34(30-43(40)51-46)42-29-33-18-7-8-21-37(33)38-22-9-10-23-39(38)42/h1-30H. The molecule has 0 spiro atoms. The van der Waals surface area contributed by atoms with Crippen LogP contribution in [0, 0.1) is 0 Å². The number of furan rings is 1. The molecule has 0 N–H and O–H groups in total. The summed E-state index contributed by atoms with van der Waals surface area (Å²) in [5.41, 5.74) is 9.29. The van der Waals surface area contributed by atoms with E-state index in [4.69, 9.17) is 24.4 Å². The van der Waals surface area contributed by atoms with Gasteiger partial charge in [0.05, 0.1) is 16.6 Å². The molecule has 0 aliphatic carbocycles. The third-order valence-corrected chi connectivity index (χ3v) is 10.5. The van der Waals surface area contributed by atoms with Gasteiger partial charge in [-0.1, -0.05) is 152 Å². The van der Waals surface area contributed by atoms with Crippen molar-refractivity contribution in [1.29, 1.82) is 0 Å². The van der Waals surface area contributed by atoms with E-state index in [1.807, 2.05) is 72.8 Å². The van der Waals surface area contributed by atoms with Gasteiger partial charge >= 0.3 is 0 Å². The van der Waals surface area contributed by atoms with E-state index >= 15 is 0 Å². The molecule has 5 nitrogen and oxygen atoms in total. The summed E-state index contributed by atoms with van der Waals surface area (Å²) < 4.78 is 6.67. The minimum Gasteiger partial charge on any atom is -0.455 e. The summed E-state index contributed by atoms with van der Waals surface area (Å²) in [6.07, 6.45) is 0. The molecule has 55 heavy (non-hydrogen) atoms. The summed E-state index contributed by atoms with van der Waals surface area (Å²) in [4.78, 5) is 20.4. The Kier molecular flexibility index (Phi) is 7.10. The second-order valence-corrected chi connectivity index (χ2v) is 13.8. The molecule has 0 amide bonds. The molecule has 256 valence electrons. The Bertz CT molecular complexity index is 3210. The Balaban J connectivity index is 1.13. The second kappa shape index (κ2) is 12.6. The molecule has 3 aromatic heterocycles. The van der Waals surface area contributed by atoms with Gasteiger partial charge in [-0.25, -0.2) is 19.9 Å². The first-order valence-electron chi connectivity index (χ1n) is 18.4. The van der Waals surface area contributed by atoms with Gasteiger partial charge in [-0.15, -0.1) is 0 Å². The summed E-state index contributed by atoms with van der Waals surface area (Å²) in [6.45, 7) is 0. The van der Waals surface area contributed by atoms with Crippen LogP contribution in [0.5, 0.6) is 0 Å². The fraction of sp³-hybridized carbons (Fsp3) is 0. The van der Waals surface area contributed by atoms with E-state index in [0.29, 0.717) is 17.5 Å². The number of pyridine rings is 1. The van der Waals surface area contributed by atoms with E-state index in [0.717, 1.165) is 66.4 Å². The van der Waals surface area contributed by atoms with Crippen molar-refractivity contribution in [2.75, 3.05) is 0 Å². The predicted molar refractivity (Wildman–Crippen MR) is 225 cm³/mol. The van der Waals surface area contributed by atoms with Crippen molar-refractivity contribution in [2.24, 2.45) is 0 Å². The quantitative estimate of drug-likeness (QED) is 0.167. The first-order chi connectivity index (χ1) is 27.2.